The monoisotopic (exact) mass is 188 g/mol. The highest BCUT2D eigenvalue weighted by Crippen LogP contribution is 1.91. The first-order chi connectivity index (χ1) is 6.20. The highest BCUT2D eigenvalue weighted by molar-refractivity contribution is 5.81. The van der Waals surface area contributed by atoms with Crippen LogP contribution < -0.4 is 11.1 Å². The van der Waals surface area contributed by atoms with Gasteiger partial charge in [-0.2, -0.15) is 0 Å². The number of carbonyl (C=O) groups is 2. The summed E-state index contributed by atoms with van der Waals surface area (Å²) < 4.78 is 4.39. The molecular weight excluding hydrogens is 172 g/mol. The van der Waals surface area contributed by atoms with Crippen LogP contribution in [0.25, 0.3) is 0 Å². The van der Waals surface area contributed by atoms with E-state index in [2.05, 4.69) is 10.1 Å². The van der Waals surface area contributed by atoms with Crippen LogP contribution in [0.3, 0.4) is 0 Å². The Balaban J connectivity index is 3.35. The third-order valence-corrected chi connectivity index (χ3v) is 1.49. The van der Waals surface area contributed by atoms with Crippen molar-refractivity contribution in [1.29, 1.82) is 0 Å². The lowest BCUT2D eigenvalue weighted by Gasteiger charge is -2.02. The maximum atomic E-state index is 11.0. The summed E-state index contributed by atoms with van der Waals surface area (Å²) in [7, 11) is 1.30. The summed E-state index contributed by atoms with van der Waals surface area (Å²) >= 11 is 0. The molecule has 0 bridgehead atoms. The number of nitrogens with two attached hydrogens (primary N) is 1. The van der Waals surface area contributed by atoms with Crippen LogP contribution in [0.2, 0.25) is 0 Å². The molecule has 0 aliphatic heterocycles. The average molecular weight is 188 g/mol. The van der Waals surface area contributed by atoms with Gasteiger partial charge in [-0.1, -0.05) is 0 Å². The summed E-state index contributed by atoms with van der Waals surface area (Å²) in [4.78, 5) is 21.6. The third kappa shape index (κ3) is 7.27. The van der Waals surface area contributed by atoms with Gasteiger partial charge in [0.15, 0.2) is 0 Å². The average Bonchev–Trinajstić information content (AvgIpc) is 2.14. The van der Waals surface area contributed by atoms with E-state index in [1.165, 1.54) is 7.11 Å². The molecule has 13 heavy (non-hydrogen) atoms. The number of methoxy groups -OCH3 is 1. The van der Waals surface area contributed by atoms with E-state index in [9.17, 15) is 9.59 Å². The first-order valence-corrected chi connectivity index (χ1v) is 4.24. The molecule has 0 rings (SSSR count). The zero-order valence-corrected chi connectivity index (χ0v) is 7.84. The summed E-state index contributed by atoms with van der Waals surface area (Å²) in [5.74, 6) is -0.507. The smallest absolute Gasteiger partial charge is 0.306 e. The van der Waals surface area contributed by atoms with Crippen LogP contribution in [0.1, 0.15) is 19.3 Å². The Labute approximate surface area is 77.6 Å². The topological polar surface area (TPSA) is 81.4 Å². The van der Waals surface area contributed by atoms with Crippen molar-refractivity contribution in [1.82, 2.24) is 5.32 Å². The Morgan fingerprint density at radius 3 is 2.62 bits per heavy atom. The Bertz CT molecular complexity index is 171. The molecule has 0 radical (unpaired) electrons. The molecule has 0 heterocycles. The number of hydrogen-bond acceptors (Lipinski definition) is 4. The third-order valence-electron chi connectivity index (χ3n) is 1.49. The minimum absolute atomic E-state index is 0.130. The largest absolute Gasteiger partial charge is 0.469 e. The van der Waals surface area contributed by atoms with Crippen LogP contribution >= 0.6 is 0 Å². The van der Waals surface area contributed by atoms with Gasteiger partial charge in [0.2, 0.25) is 5.91 Å². The lowest BCUT2D eigenvalue weighted by Crippen LogP contribution is -2.26. The van der Waals surface area contributed by atoms with Gasteiger partial charge in [0.25, 0.3) is 0 Å². The van der Waals surface area contributed by atoms with Gasteiger partial charge < -0.3 is 15.8 Å². The number of ether oxygens (including phenoxy) is 1. The van der Waals surface area contributed by atoms with Crippen molar-refractivity contribution >= 4 is 11.9 Å². The van der Waals surface area contributed by atoms with Crippen LogP contribution in [0, 0.1) is 0 Å². The van der Waals surface area contributed by atoms with Gasteiger partial charge >= 0.3 is 5.97 Å². The van der Waals surface area contributed by atoms with Crippen molar-refractivity contribution in [3.8, 4) is 0 Å². The summed E-state index contributed by atoms with van der Waals surface area (Å²) in [5.41, 5.74) is 5.23. The molecule has 5 heteroatoms. The van der Waals surface area contributed by atoms with E-state index in [1.807, 2.05) is 0 Å². The van der Waals surface area contributed by atoms with Crippen molar-refractivity contribution in [2.75, 3.05) is 20.2 Å². The number of nitrogens with one attached hydrogen (secondary N) is 1. The van der Waals surface area contributed by atoms with E-state index in [0.717, 1.165) is 6.42 Å². The molecule has 0 aromatic heterocycles. The van der Waals surface area contributed by atoms with E-state index in [0.29, 0.717) is 13.1 Å². The predicted octanol–water partition coefficient (Wildman–Crippen LogP) is -0.595. The van der Waals surface area contributed by atoms with Crippen molar-refractivity contribution in [2.45, 2.75) is 19.3 Å². The molecule has 0 spiro atoms. The number of carbonyl (C=O) groups excluding carboxylic acids is 2. The van der Waals surface area contributed by atoms with Gasteiger partial charge in [-0.05, 0) is 13.0 Å². The van der Waals surface area contributed by atoms with Crippen LogP contribution in [-0.2, 0) is 14.3 Å². The molecule has 0 saturated carbocycles. The van der Waals surface area contributed by atoms with Crippen LogP contribution in [0.4, 0.5) is 0 Å². The van der Waals surface area contributed by atoms with E-state index in [-0.39, 0.29) is 24.7 Å². The molecule has 0 fully saturated rings. The van der Waals surface area contributed by atoms with Gasteiger partial charge in [-0.25, -0.2) is 0 Å². The first kappa shape index (κ1) is 11.9. The zero-order chi connectivity index (χ0) is 10.1. The van der Waals surface area contributed by atoms with Gasteiger partial charge in [0, 0.05) is 13.0 Å². The molecule has 5 nitrogen and oxygen atoms in total. The lowest BCUT2D eigenvalue weighted by molar-refractivity contribution is -0.142. The van der Waals surface area contributed by atoms with E-state index < -0.39 is 0 Å². The normalized spacial score (nSPS) is 9.38. The molecule has 1 amide bonds. The van der Waals surface area contributed by atoms with Gasteiger partial charge in [-0.15, -0.1) is 0 Å². The number of amides is 1. The maximum absolute atomic E-state index is 11.0. The van der Waals surface area contributed by atoms with Gasteiger partial charge in [-0.3, -0.25) is 9.59 Å². The summed E-state index contributed by atoms with van der Waals surface area (Å²) in [6.07, 6.45) is 1.06. The quantitative estimate of drug-likeness (QED) is 0.431. The standard InChI is InChI=1S/C8H16N2O3/c1-13-8(12)4-3-7(11)10-6-2-5-9/h2-6,9H2,1H3,(H,10,11). The molecule has 0 aliphatic carbocycles. The Morgan fingerprint density at radius 1 is 1.38 bits per heavy atom. The lowest BCUT2D eigenvalue weighted by atomic mass is 10.3. The molecule has 76 valence electrons. The minimum atomic E-state index is -0.367. The fourth-order valence-corrected chi connectivity index (χ4v) is 0.736. The molecule has 0 unspecified atom stereocenters. The molecular formula is C8H16N2O3. The van der Waals surface area contributed by atoms with Crippen molar-refractivity contribution < 1.29 is 14.3 Å². The summed E-state index contributed by atoms with van der Waals surface area (Å²) in [6.45, 7) is 1.12. The summed E-state index contributed by atoms with van der Waals surface area (Å²) in [6, 6.07) is 0. The highest BCUT2D eigenvalue weighted by atomic mass is 16.5. The second kappa shape index (κ2) is 7.54. The highest BCUT2D eigenvalue weighted by Gasteiger charge is 2.05. The predicted molar refractivity (Wildman–Crippen MR) is 47.9 cm³/mol. The fourth-order valence-electron chi connectivity index (χ4n) is 0.736. The molecule has 0 aromatic carbocycles. The molecule has 0 aromatic rings. The van der Waals surface area contributed by atoms with Crippen LogP contribution in [0.5, 0.6) is 0 Å². The molecule has 3 N–H and O–H groups in total. The molecule has 0 saturated heterocycles. The number of rotatable bonds is 6. The second-order valence-electron chi connectivity index (χ2n) is 2.57. The second-order valence-corrected chi connectivity index (χ2v) is 2.57. The Morgan fingerprint density at radius 2 is 2.08 bits per heavy atom. The van der Waals surface area contributed by atoms with Crippen LogP contribution in [-0.4, -0.2) is 32.1 Å². The van der Waals surface area contributed by atoms with Crippen molar-refractivity contribution in [2.24, 2.45) is 5.73 Å². The van der Waals surface area contributed by atoms with Crippen molar-refractivity contribution in [3.63, 3.8) is 0 Å². The Hall–Kier alpha value is -1.10. The maximum Gasteiger partial charge on any atom is 0.306 e. The van der Waals surface area contributed by atoms with Gasteiger partial charge in [0.05, 0.1) is 13.5 Å². The van der Waals surface area contributed by atoms with E-state index in [4.69, 9.17) is 5.73 Å². The van der Waals surface area contributed by atoms with E-state index in [1.54, 1.807) is 0 Å². The first-order valence-electron chi connectivity index (χ1n) is 4.24. The van der Waals surface area contributed by atoms with Crippen molar-refractivity contribution in [3.05, 3.63) is 0 Å². The minimum Gasteiger partial charge on any atom is -0.469 e. The summed E-state index contributed by atoms with van der Waals surface area (Å²) in [5, 5.41) is 2.64. The molecule has 0 atom stereocenters. The number of esters is 1. The van der Waals surface area contributed by atoms with Gasteiger partial charge in [0.1, 0.15) is 0 Å². The zero-order valence-electron chi connectivity index (χ0n) is 7.84. The van der Waals surface area contributed by atoms with Crippen LogP contribution in [0.15, 0.2) is 0 Å². The fraction of sp³-hybridized carbons (Fsp3) is 0.750. The molecule has 0 aliphatic rings. The number of hydrogen-bond donors (Lipinski definition) is 2. The van der Waals surface area contributed by atoms with E-state index >= 15 is 0 Å². The Kier molecular flexibility index (Phi) is 6.91. The SMILES string of the molecule is COC(=O)CCC(=O)NCCCN.